The topological polar surface area (TPSA) is 35.5 Å². The van der Waals surface area contributed by atoms with Gasteiger partial charge in [0.2, 0.25) is 0 Å². The molecular formula is C13H20Cl2F2N2O. The number of aryl methyl sites for hydroxylation is 1. The Morgan fingerprint density at radius 3 is 2.30 bits per heavy atom. The first-order chi connectivity index (χ1) is 8.59. The van der Waals surface area contributed by atoms with Gasteiger partial charge in [-0.25, -0.2) is 8.78 Å². The molecule has 1 aliphatic rings. The second-order valence-corrected chi connectivity index (χ2v) is 4.63. The number of phenols is 1. The van der Waals surface area contributed by atoms with Crippen LogP contribution in [0.4, 0.5) is 8.78 Å². The number of aromatic hydroxyl groups is 1. The first-order valence-corrected chi connectivity index (χ1v) is 6.12. The van der Waals surface area contributed by atoms with Gasteiger partial charge in [0.05, 0.1) is 6.04 Å². The van der Waals surface area contributed by atoms with E-state index in [-0.39, 0.29) is 30.6 Å². The summed E-state index contributed by atoms with van der Waals surface area (Å²) in [5.41, 5.74) is 1.18. The minimum atomic E-state index is -2.50. The van der Waals surface area contributed by atoms with Gasteiger partial charge >= 0.3 is 0 Å². The van der Waals surface area contributed by atoms with Crippen LogP contribution in [0, 0.1) is 6.92 Å². The zero-order valence-electron chi connectivity index (χ0n) is 11.2. The molecule has 0 radical (unpaired) electrons. The highest BCUT2D eigenvalue weighted by atomic mass is 35.5. The first-order valence-electron chi connectivity index (χ1n) is 6.12. The first kappa shape index (κ1) is 19.4. The average Bonchev–Trinajstić information content (AvgIpc) is 2.33. The predicted octanol–water partition coefficient (Wildman–Crippen LogP) is 2.76. The van der Waals surface area contributed by atoms with Gasteiger partial charge in [-0.1, -0.05) is 12.1 Å². The van der Waals surface area contributed by atoms with Gasteiger partial charge in [-0.05, 0) is 18.6 Å². The largest absolute Gasteiger partial charge is 0.508 e. The van der Waals surface area contributed by atoms with Crippen LogP contribution in [-0.2, 0) is 0 Å². The summed E-state index contributed by atoms with van der Waals surface area (Å²) in [7, 11) is 0. The predicted molar refractivity (Wildman–Crippen MR) is 80.5 cm³/mol. The molecule has 0 aliphatic carbocycles. The van der Waals surface area contributed by atoms with Gasteiger partial charge in [0.15, 0.2) is 0 Å². The molecule has 3 nitrogen and oxygen atoms in total. The van der Waals surface area contributed by atoms with Gasteiger partial charge in [0.25, 0.3) is 6.43 Å². The fraction of sp³-hybridized carbons (Fsp3) is 0.538. The molecule has 20 heavy (non-hydrogen) atoms. The molecule has 116 valence electrons. The highest BCUT2D eigenvalue weighted by Crippen LogP contribution is 2.34. The van der Waals surface area contributed by atoms with Crippen LogP contribution in [0.25, 0.3) is 0 Å². The van der Waals surface area contributed by atoms with Crippen molar-refractivity contribution in [3.8, 4) is 5.75 Å². The second-order valence-electron chi connectivity index (χ2n) is 4.63. The van der Waals surface area contributed by atoms with E-state index in [2.05, 4.69) is 5.32 Å². The zero-order valence-corrected chi connectivity index (χ0v) is 12.8. The Labute approximate surface area is 130 Å². The van der Waals surface area contributed by atoms with Crippen molar-refractivity contribution < 1.29 is 13.9 Å². The number of hydrogen-bond donors (Lipinski definition) is 2. The lowest BCUT2D eigenvalue weighted by Crippen LogP contribution is -2.46. The Morgan fingerprint density at radius 1 is 1.20 bits per heavy atom. The van der Waals surface area contributed by atoms with Crippen LogP contribution in [-0.4, -0.2) is 42.6 Å². The number of phenolic OH excluding ortho intramolecular Hbond substituents is 1. The molecule has 2 N–H and O–H groups in total. The van der Waals surface area contributed by atoms with Crippen molar-refractivity contribution in [3.63, 3.8) is 0 Å². The highest BCUT2D eigenvalue weighted by molar-refractivity contribution is 5.85. The quantitative estimate of drug-likeness (QED) is 0.895. The lowest BCUT2D eigenvalue weighted by Gasteiger charge is -2.34. The number of rotatable bonds is 3. The third-order valence-corrected chi connectivity index (χ3v) is 3.29. The third kappa shape index (κ3) is 4.45. The van der Waals surface area contributed by atoms with Gasteiger partial charge in [-0.15, -0.1) is 24.8 Å². The monoisotopic (exact) mass is 328 g/mol. The number of nitrogens with zero attached hydrogens (tertiary/aromatic N) is 1. The van der Waals surface area contributed by atoms with Crippen LogP contribution >= 0.6 is 24.8 Å². The summed E-state index contributed by atoms with van der Waals surface area (Å²) in [5.74, 6) is -0.0427. The van der Waals surface area contributed by atoms with Crippen molar-refractivity contribution >= 4 is 24.8 Å². The molecule has 0 saturated carbocycles. The van der Waals surface area contributed by atoms with Crippen LogP contribution in [0.15, 0.2) is 18.2 Å². The van der Waals surface area contributed by atoms with E-state index >= 15 is 0 Å². The van der Waals surface area contributed by atoms with E-state index in [1.807, 2.05) is 6.92 Å². The number of benzene rings is 1. The minimum Gasteiger partial charge on any atom is -0.508 e. The van der Waals surface area contributed by atoms with E-state index in [1.165, 1.54) is 6.07 Å². The van der Waals surface area contributed by atoms with Crippen LogP contribution < -0.4 is 5.32 Å². The molecule has 0 bridgehead atoms. The Hall–Kier alpha value is -0.620. The molecule has 1 aromatic rings. The van der Waals surface area contributed by atoms with Gasteiger partial charge in [0.1, 0.15) is 5.75 Å². The highest BCUT2D eigenvalue weighted by Gasteiger charge is 2.31. The molecule has 0 aromatic heterocycles. The normalized spacial score (nSPS) is 17.2. The fourth-order valence-electron chi connectivity index (χ4n) is 2.36. The van der Waals surface area contributed by atoms with E-state index in [1.54, 1.807) is 17.0 Å². The van der Waals surface area contributed by atoms with Crippen molar-refractivity contribution in [2.75, 3.05) is 26.2 Å². The van der Waals surface area contributed by atoms with E-state index in [0.717, 1.165) is 5.56 Å². The van der Waals surface area contributed by atoms with Gasteiger partial charge < -0.3 is 10.4 Å². The van der Waals surface area contributed by atoms with Gasteiger partial charge in [-0.3, -0.25) is 4.90 Å². The Balaban J connectivity index is 0.00000180. The van der Waals surface area contributed by atoms with Crippen LogP contribution in [0.3, 0.4) is 0 Å². The second kappa shape index (κ2) is 8.62. The maximum Gasteiger partial charge on any atom is 0.258 e. The number of piperazine rings is 1. The Bertz CT molecular complexity index is 415. The maximum atomic E-state index is 13.3. The summed E-state index contributed by atoms with van der Waals surface area (Å²) < 4.78 is 26.6. The zero-order chi connectivity index (χ0) is 13.1. The smallest absolute Gasteiger partial charge is 0.258 e. The van der Waals surface area contributed by atoms with Crippen molar-refractivity contribution in [1.82, 2.24) is 10.2 Å². The molecule has 0 unspecified atom stereocenters. The molecule has 1 fully saturated rings. The number of halogens is 4. The Kier molecular flexibility index (Phi) is 8.35. The van der Waals surface area contributed by atoms with E-state index in [0.29, 0.717) is 31.7 Å². The van der Waals surface area contributed by atoms with Gasteiger partial charge in [0, 0.05) is 31.7 Å². The standard InChI is InChI=1S/C13H18F2N2O.2ClH/c1-9-2-3-10(11(18)8-9)12(13(14)15)17-6-4-16-5-7-17;;/h2-3,8,12-13,16,18H,4-7H2,1H3;2*1H/t12-;;/m1../s1. The fourth-order valence-corrected chi connectivity index (χ4v) is 2.36. The maximum absolute atomic E-state index is 13.3. The summed E-state index contributed by atoms with van der Waals surface area (Å²) >= 11 is 0. The molecule has 0 spiro atoms. The summed E-state index contributed by atoms with van der Waals surface area (Å²) in [5, 5.41) is 13.0. The number of hydrogen-bond acceptors (Lipinski definition) is 3. The van der Waals surface area contributed by atoms with Crippen LogP contribution in [0.2, 0.25) is 0 Å². The third-order valence-electron chi connectivity index (χ3n) is 3.29. The molecule has 1 saturated heterocycles. The lowest BCUT2D eigenvalue weighted by molar-refractivity contribution is 0.0170. The van der Waals surface area contributed by atoms with Crippen molar-refractivity contribution in [3.05, 3.63) is 29.3 Å². The Morgan fingerprint density at radius 2 is 1.80 bits per heavy atom. The van der Waals surface area contributed by atoms with Gasteiger partial charge in [-0.2, -0.15) is 0 Å². The molecule has 1 aromatic carbocycles. The van der Waals surface area contributed by atoms with Crippen LogP contribution in [0.1, 0.15) is 17.2 Å². The van der Waals surface area contributed by atoms with Crippen molar-refractivity contribution in [1.29, 1.82) is 0 Å². The molecular weight excluding hydrogens is 309 g/mol. The summed E-state index contributed by atoms with van der Waals surface area (Å²) in [6.45, 7) is 4.38. The molecule has 2 rings (SSSR count). The van der Waals surface area contributed by atoms with Crippen LogP contribution in [0.5, 0.6) is 5.75 Å². The number of alkyl halides is 2. The van der Waals surface area contributed by atoms with E-state index in [4.69, 9.17) is 0 Å². The van der Waals surface area contributed by atoms with Crippen molar-refractivity contribution in [2.24, 2.45) is 0 Å². The molecule has 0 amide bonds. The minimum absolute atomic E-state index is 0. The van der Waals surface area contributed by atoms with E-state index in [9.17, 15) is 13.9 Å². The SMILES string of the molecule is Cc1ccc([C@H](C(F)F)N2CCNCC2)c(O)c1.Cl.Cl. The molecule has 7 heteroatoms. The molecule has 1 heterocycles. The summed E-state index contributed by atoms with van der Waals surface area (Å²) in [4.78, 5) is 1.73. The summed E-state index contributed by atoms with van der Waals surface area (Å²) in [6, 6.07) is 3.87. The average molecular weight is 329 g/mol. The van der Waals surface area contributed by atoms with Crippen molar-refractivity contribution in [2.45, 2.75) is 19.4 Å². The summed E-state index contributed by atoms with van der Waals surface area (Å²) in [6.07, 6.45) is -2.50. The lowest BCUT2D eigenvalue weighted by atomic mass is 10.0. The number of nitrogens with one attached hydrogen (secondary N) is 1. The molecule has 1 atom stereocenters. The molecule has 1 aliphatic heterocycles. The van der Waals surface area contributed by atoms with E-state index < -0.39 is 12.5 Å².